The number of aromatic nitrogens is 1. The Morgan fingerprint density at radius 2 is 2.35 bits per heavy atom. The lowest BCUT2D eigenvalue weighted by molar-refractivity contribution is -0.120. The van der Waals surface area contributed by atoms with Gasteiger partial charge in [0.1, 0.15) is 5.82 Å². The molecule has 1 heterocycles. The first kappa shape index (κ1) is 13.7. The highest BCUT2D eigenvalue weighted by Gasteiger charge is 2.08. The molecule has 17 heavy (non-hydrogen) atoms. The number of pyridine rings is 1. The van der Waals surface area contributed by atoms with Gasteiger partial charge >= 0.3 is 0 Å². The maximum absolute atomic E-state index is 11.5. The second kappa shape index (κ2) is 6.42. The third kappa shape index (κ3) is 5.01. The van der Waals surface area contributed by atoms with Crippen molar-refractivity contribution in [1.82, 2.24) is 10.3 Å². The fraction of sp³-hybridized carbons (Fsp3) is 0.455. The number of aliphatic hydroxyl groups is 1. The van der Waals surface area contributed by atoms with Gasteiger partial charge in [-0.25, -0.2) is 4.98 Å². The molecule has 1 aromatic heterocycles. The third-order valence-corrected chi connectivity index (χ3v) is 2.30. The average molecular weight is 258 g/mol. The molecule has 6 heteroatoms. The van der Waals surface area contributed by atoms with Crippen molar-refractivity contribution in [3.8, 4) is 0 Å². The first-order valence-electron chi connectivity index (χ1n) is 5.26. The Balaban J connectivity index is 2.46. The second-order valence-electron chi connectivity index (χ2n) is 3.84. The Kier molecular flexibility index (Phi) is 5.18. The SMILES string of the molecule is CC(O)CNC(=O)CN(C)c1ccc(Cl)cn1. The van der Waals surface area contributed by atoms with E-state index in [1.54, 1.807) is 31.0 Å². The molecule has 0 bridgehead atoms. The monoisotopic (exact) mass is 257 g/mol. The Hall–Kier alpha value is -1.33. The number of carbonyl (C=O) groups excluding carboxylic acids is 1. The van der Waals surface area contributed by atoms with Crippen LogP contribution in [-0.4, -0.2) is 42.2 Å². The number of anilines is 1. The summed E-state index contributed by atoms with van der Waals surface area (Å²) in [5.41, 5.74) is 0. The molecule has 0 aliphatic carbocycles. The molecule has 0 radical (unpaired) electrons. The van der Waals surface area contributed by atoms with E-state index in [0.717, 1.165) is 0 Å². The van der Waals surface area contributed by atoms with Gasteiger partial charge in [-0.2, -0.15) is 0 Å². The molecule has 0 aliphatic rings. The molecular formula is C11H16ClN3O2. The molecule has 1 atom stereocenters. The number of nitrogens with zero attached hydrogens (tertiary/aromatic N) is 2. The van der Waals surface area contributed by atoms with Crippen LogP contribution in [0.25, 0.3) is 0 Å². The highest BCUT2D eigenvalue weighted by atomic mass is 35.5. The Morgan fingerprint density at radius 1 is 1.65 bits per heavy atom. The zero-order valence-electron chi connectivity index (χ0n) is 9.85. The van der Waals surface area contributed by atoms with Crippen LogP contribution in [-0.2, 0) is 4.79 Å². The van der Waals surface area contributed by atoms with Crippen LogP contribution in [0.2, 0.25) is 5.02 Å². The molecule has 0 spiro atoms. The largest absolute Gasteiger partial charge is 0.392 e. The van der Waals surface area contributed by atoms with Crippen LogP contribution in [0.1, 0.15) is 6.92 Å². The van der Waals surface area contributed by atoms with Crippen LogP contribution in [0.5, 0.6) is 0 Å². The summed E-state index contributed by atoms with van der Waals surface area (Å²) in [6.45, 7) is 2.05. The van der Waals surface area contributed by atoms with E-state index in [9.17, 15) is 4.79 Å². The molecular weight excluding hydrogens is 242 g/mol. The van der Waals surface area contributed by atoms with Gasteiger partial charge < -0.3 is 15.3 Å². The second-order valence-corrected chi connectivity index (χ2v) is 4.28. The first-order valence-corrected chi connectivity index (χ1v) is 5.64. The minimum Gasteiger partial charge on any atom is -0.392 e. The van der Waals surface area contributed by atoms with Crippen molar-refractivity contribution < 1.29 is 9.90 Å². The van der Waals surface area contributed by atoms with E-state index in [-0.39, 0.29) is 19.0 Å². The molecule has 1 aromatic rings. The summed E-state index contributed by atoms with van der Waals surface area (Å²) in [6, 6.07) is 3.46. The smallest absolute Gasteiger partial charge is 0.239 e. The molecule has 5 nitrogen and oxygen atoms in total. The average Bonchev–Trinajstić information content (AvgIpc) is 2.27. The number of hydrogen-bond acceptors (Lipinski definition) is 4. The number of amides is 1. The van der Waals surface area contributed by atoms with Gasteiger partial charge in [0.15, 0.2) is 0 Å². The highest BCUT2D eigenvalue weighted by molar-refractivity contribution is 6.30. The molecule has 0 saturated carbocycles. The molecule has 0 saturated heterocycles. The van der Waals surface area contributed by atoms with E-state index in [0.29, 0.717) is 10.8 Å². The van der Waals surface area contributed by atoms with E-state index in [4.69, 9.17) is 16.7 Å². The van der Waals surface area contributed by atoms with Gasteiger partial charge in [0.05, 0.1) is 17.7 Å². The van der Waals surface area contributed by atoms with E-state index < -0.39 is 6.10 Å². The maximum atomic E-state index is 11.5. The summed E-state index contributed by atoms with van der Waals surface area (Å²) < 4.78 is 0. The summed E-state index contributed by atoms with van der Waals surface area (Å²) in [7, 11) is 1.76. The van der Waals surface area contributed by atoms with Gasteiger partial charge in [-0.15, -0.1) is 0 Å². The minimum absolute atomic E-state index is 0.162. The van der Waals surface area contributed by atoms with Gasteiger partial charge in [0.25, 0.3) is 0 Å². The van der Waals surface area contributed by atoms with Crippen LogP contribution in [0.4, 0.5) is 5.82 Å². The quantitative estimate of drug-likeness (QED) is 0.814. The van der Waals surface area contributed by atoms with Crippen LogP contribution in [0, 0.1) is 0 Å². The van der Waals surface area contributed by atoms with Crippen molar-refractivity contribution in [2.45, 2.75) is 13.0 Å². The summed E-state index contributed by atoms with van der Waals surface area (Å²) in [4.78, 5) is 17.3. The normalized spacial score (nSPS) is 12.0. The lowest BCUT2D eigenvalue weighted by Gasteiger charge is -2.17. The predicted molar refractivity (Wildman–Crippen MR) is 67.2 cm³/mol. The topological polar surface area (TPSA) is 65.5 Å². The van der Waals surface area contributed by atoms with Gasteiger partial charge in [-0.1, -0.05) is 11.6 Å². The third-order valence-electron chi connectivity index (χ3n) is 2.08. The number of hydrogen-bond donors (Lipinski definition) is 2. The Morgan fingerprint density at radius 3 is 2.88 bits per heavy atom. The number of rotatable bonds is 5. The van der Waals surface area contributed by atoms with Gasteiger partial charge in [-0.05, 0) is 19.1 Å². The predicted octanol–water partition coefficient (Wildman–Crippen LogP) is 0.668. The van der Waals surface area contributed by atoms with Crippen molar-refractivity contribution in [3.63, 3.8) is 0 Å². The molecule has 2 N–H and O–H groups in total. The number of nitrogens with one attached hydrogen (secondary N) is 1. The van der Waals surface area contributed by atoms with Crippen molar-refractivity contribution >= 4 is 23.3 Å². The van der Waals surface area contributed by atoms with Crippen molar-refractivity contribution in [3.05, 3.63) is 23.4 Å². The fourth-order valence-electron chi connectivity index (χ4n) is 1.21. The first-order chi connectivity index (χ1) is 7.99. The summed E-state index contributed by atoms with van der Waals surface area (Å²) in [5, 5.41) is 12.2. The zero-order chi connectivity index (χ0) is 12.8. The van der Waals surface area contributed by atoms with E-state index in [1.165, 1.54) is 6.20 Å². The van der Waals surface area contributed by atoms with E-state index in [1.807, 2.05) is 0 Å². The van der Waals surface area contributed by atoms with E-state index in [2.05, 4.69) is 10.3 Å². The number of likely N-dealkylation sites (N-methyl/N-ethyl adjacent to an activating group) is 1. The van der Waals surface area contributed by atoms with E-state index >= 15 is 0 Å². The van der Waals surface area contributed by atoms with Crippen molar-refractivity contribution in [1.29, 1.82) is 0 Å². The molecule has 94 valence electrons. The number of halogens is 1. The Bertz CT molecular complexity index is 367. The summed E-state index contributed by atoms with van der Waals surface area (Å²) in [5.74, 6) is 0.506. The lowest BCUT2D eigenvalue weighted by Crippen LogP contribution is -2.38. The summed E-state index contributed by atoms with van der Waals surface area (Å²) in [6.07, 6.45) is 0.985. The number of aliphatic hydroxyl groups excluding tert-OH is 1. The van der Waals surface area contributed by atoms with Crippen LogP contribution < -0.4 is 10.2 Å². The fourth-order valence-corrected chi connectivity index (χ4v) is 1.32. The molecule has 0 aliphatic heterocycles. The lowest BCUT2D eigenvalue weighted by atomic mass is 10.4. The van der Waals surface area contributed by atoms with Crippen LogP contribution >= 0.6 is 11.6 Å². The molecule has 0 fully saturated rings. The van der Waals surface area contributed by atoms with Gasteiger partial charge in [0, 0.05) is 19.8 Å². The highest BCUT2D eigenvalue weighted by Crippen LogP contribution is 2.12. The molecule has 1 rings (SSSR count). The zero-order valence-corrected chi connectivity index (χ0v) is 10.6. The molecule has 0 aromatic carbocycles. The number of carbonyl (C=O) groups is 1. The van der Waals surface area contributed by atoms with Gasteiger partial charge in [-0.3, -0.25) is 4.79 Å². The standard InChI is InChI=1S/C11H16ClN3O2/c1-8(16)5-14-11(17)7-15(2)10-4-3-9(12)6-13-10/h3-4,6,8,16H,5,7H2,1-2H3,(H,14,17). The molecule has 1 amide bonds. The summed E-state index contributed by atoms with van der Waals surface area (Å²) >= 11 is 5.72. The van der Waals surface area contributed by atoms with Crippen molar-refractivity contribution in [2.75, 3.05) is 25.0 Å². The van der Waals surface area contributed by atoms with Crippen LogP contribution in [0.3, 0.4) is 0 Å². The molecule has 1 unspecified atom stereocenters. The minimum atomic E-state index is -0.544. The van der Waals surface area contributed by atoms with Crippen LogP contribution in [0.15, 0.2) is 18.3 Å². The Labute approximate surface area is 105 Å². The van der Waals surface area contributed by atoms with Crippen molar-refractivity contribution in [2.24, 2.45) is 0 Å². The maximum Gasteiger partial charge on any atom is 0.239 e. The van der Waals surface area contributed by atoms with Gasteiger partial charge in [0.2, 0.25) is 5.91 Å².